The molecular weight excluding hydrogens is 414 g/mol. The molecule has 1 heterocycles. The monoisotopic (exact) mass is 443 g/mol. The highest BCUT2D eigenvalue weighted by Gasteiger charge is 2.22. The molecule has 0 spiro atoms. The van der Waals surface area contributed by atoms with Gasteiger partial charge in [-0.25, -0.2) is 4.68 Å². The number of benzene rings is 2. The second-order valence-electron chi connectivity index (χ2n) is 7.44. The number of ether oxygens (including phenoxy) is 2. The fraction of sp³-hybridized carbons (Fsp3) is 0.375. The first-order chi connectivity index (χ1) is 15.0. The molecule has 3 aromatic rings. The van der Waals surface area contributed by atoms with Crippen molar-refractivity contribution in [3.63, 3.8) is 0 Å². The highest BCUT2D eigenvalue weighted by Crippen LogP contribution is 2.34. The van der Waals surface area contributed by atoms with Crippen molar-refractivity contribution >= 4 is 11.6 Å². The Morgan fingerprint density at radius 3 is 2.52 bits per heavy atom. The third kappa shape index (κ3) is 6.08. The fourth-order valence-electron chi connectivity index (χ4n) is 3.31. The lowest BCUT2D eigenvalue weighted by molar-refractivity contribution is 0.0825. The number of aromatic nitrogens is 2. The van der Waals surface area contributed by atoms with Crippen LogP contribution in [0.15, 0.2) is 54.6 Å². The van der Waals surface area contributed by atoms with Crippen molar-refractivity contribution in [2.75, 3.05) is 26.8 Å². The molecule has 166 valence electrons. The van der Waals surface area contributed by atoms with Gasteiger partial charge in [-0.05, 0) is 37.6 Å². The number of halogens is 1. The summed E-state index contributed by atoms with van der Waals surface area (Å²) in [5, 5.41) is 15.5. The van der Waals surface area contributed by atoms with Crippen molar-refractivity contribution in [3.05, 3.63) is 70.9 Å². The first-order valence-corrected chi connectivity index (χ1v) is 10.9. The normalized spacial score (nSPS) is 12.3. The Kier molecular flexibility index (Phi) is 8.49. The van der Waals surface area contributed by atoms with Crippen LogP contribution in [0.25, 0.3) is 5.69 Å². The summed E-state index contributed by atoms with van der Waals surface area (Å²) in [6.45, 7) is 6.32. The molecule has 1 N–H and O–H groups in total. The Morgan fingerprint density at radius 1 is 1.13 bits per heavy atom. The molecule has 3 rings (SSSR count). The molecule has 6 nitrogen and oxygen atoms in total. The van der Waals surface area contributed by atoms with Crippen molar-refractivity contribution in [2.24, 2.45) is 0 Å². The number of aryl methyl sites for hydroxylation is 1. The molecular formula is C24H30ClN3O3. The second kappa shape index (κ2) is 11.3. The summed E-state index contributed by atoms with van der Waals surface area (Å²) in [6.07, 6.45) is 0.281. The number of hydrogen-bond donors (Lipinski definition) is 1. The van der Waals surface area contributed by atoms with Crippen LogP contribution < -0.4 is 4.74 Å². The van der Waals surface area contributed by atoms with Gasteiger partial charge in [0.2, 0.25) is 5.88 Å². The number of nitrogens with zero attached hydrogens (tertiary/aromatic N) is 3. The van der Waals surface area contributed by atoms with E-state index in [-0.39, 0.29) is 0 Å². The molecule has 0 fully saturated rings. The predicted octanol–water partition coefficient (Wildman–Crippen LogP) is 4.85. The summed E-state index contributed by atoms with van der Waals surface area (Å²) in [7, 11) is 1.68. The van der Waals surface area contributed by atoms with Gasteiger partial charge >= 0.3 is 0 Å². The molecule has 0 amide bonds. The number of aliphatic hydroxyl groups excluding tert-OH is 1. The van der Waals surface area contributed by atoms with E-state index < -0.39 is 6.10 Å². The standard InChI is InChI=1S/C24H30ClN3O3/c1-4-20(29)16-27(14-15-30-3)17-21-18(2)26-28(19-10-6-5-7-11-19)24(21)31-23-13-9-8-12-22(23)25/h5-13,20,29H,4,14-17H2,1-3H3/t20-/m1/s1. The zero-order valence-corrected chi connectivity index (χ0v) is 19.0. The van der Waals surface area contributed by atoms with E-state index in [0.29, 0.717) is 49.3 Å². The molecule has 1 aromatic heterocycles. The zero-order valence-electron chi connectivity index (χ0n) is 18.3. The van der Waals surface area contributed by atoms with Crippen molar-refractivity contribution in [1.29, 1.82) is 0 Å². The Balaban J connectivity index is 2.01. The third-order valence-electron chi connectivity index (χ3n) is 5.11. The van der Waals surface area contributed by atoms with Crippen LogP contribution in [0.3, 0.4) is 0 Å². The van der Waals surface area contributed by atoms with Gasteiger partial charge in [-0.15, -0.1) is 0 Å². The SMILES string of the molecule is CC[C@@H](O)CN(CCOC)Cc1c(C)nn(-c2ccccc2)c1Oc1ccccc1Cl. The average molecular weight is 444 g/mol. The summed E-state index contributed by atoms with van der Waals surface area (Å²) < 4.78 is 13.4. The van der Waals surface area contributed by atoms with Crippen LogP contribution in [-0.2, 0) is 11.3 Å². The van der Waals surface area contributed by atoms with Gasteiger partial charge in [0.25, 0.3) is 0 Å². The molecule has 0 saturated carbocycles. The highest BCUT2D eigenvalue weighted by molar-refractivity contribution is 6.32. The van der Waals surface area contributed by atoms with E-state index >= 15 is 0 Å². The van der Waals surface area contributed by atoms with Gasteiger partial charge in [0, 0.05) is 26.7 Å². The molecule has 31 heavy (non-hydrogen) atoms. The van der Waals surface area contributed by atoms with Crippen LogP contribution in [0.4, 0.5) is 0 Å². The lowest BCUT2D eigenvalue weighted by Crippen LogP contribution is -2.34. The fourth-order valence-corrected chi connectivity index (χ4v) is 3.48. The van der Waals surface area contributed by atoms with Crippen LogP contribution in [0, 0.1) is 6.92 Å². The number of rotatable bonds is 11. The van der Waals surface area contributed by atoms with Gasteiger partial charge < -0.3 is 14.6 Å². The molecule has 0 aliphatic carbocycles. The summed E-state index contributed by atoms with van der Waals surface area (Å²) in [5.74, 6) is 1.18. The number of aliphatic hydroxyl groups is 1. The minimum absolute atomic E-state index is 0.408. The van der Waals surface area contributed by atoms with Crippen LogP contribution in [0.5, 0.6) is 11.6 Å². The van der Waals surface area contributed by atoms with Gasteiger partial charge in [0.1, 0.15) is 5.75 Å². The number of hydrogen-bond acceptors (Lipinski definition) is 5. The van der Waals surface area contributed by atoms with Crippen LogP contribution >= 0.6 is 11.6 Å². The van der Waals surface area contributed by atoms with E-state index in [1.807, 2.05) is 62.4 Å². The first-order valence-electron chi connectivity index (χ1n) is 10.5. The first kappa shape index (κ1) is 23.3. The molecule has 7 heteroatoms. The zero-order chi connectivity index (χ0) is 22.2. The number of methoxy groups -OCH3 is 1. The van der Waals surface area contributed by atoms with Crippen LogP contribution in [0.1, 0.15) is 24.6 Å². The van der Waals surface area contributed by atoms with E-state index in [9.17, 15) is 5.11 Å². The summed E-state index contributed by atoms with van der Waals surface area (Å²) in [6, 6.07) is 17.3. The van der Waals surface area contributed by atoms with E-state index in [2.05, 4.69) is 4.90 Å². The second-order valence-corrected chi connectivity index (χ2v) is 7.85. The summed E-state index contributed by atoms with van der Waals surface area (Å²) >= 11 is 6.38. The third-order valence-corrected chi connectivity index (χ3v) is 5.43. The van der Waals surface area contributed by atoms with E-state index in [0.717, 1.165) is 16.9 Å². The molecule has 0 aliphatic rings. The molecule has 0 unspecified atom stereocenters. The maximum absolute atomic E-state index is 10.2. The maximum Gasteiger partial charge on any atom is 0.227 e. The van der Waals surface area contributed by atoms with Gasteiger partial charge in [-0.2, -0.15) is 5.10 Å². The molecule has 0 aliphatic heterocycles. The molecule has 0 saturated heterocycles. The Hall–Kier alpha value is -2.38. The highest BCUT2D eigenvalue weighted by atomic mass is 35.5. The Labute approximate surface area is 189 Å². The summed E-state index contributed by atoms with van der Waals surface area (Å²) in [5.41, 5.74) is 2.71. The Bertz CT molecular complexity index is 962. The van der Waals surface area contributed by atoms with Gasteiger partial charge in [-0.3, -0.25) is 4.90 Å². The van der Waals surface area contributed by atoms with E-state index in [1.165, 1.54) is 0 Å². The lowest BCUT2D eigenvalue weighted by atomic mass is 10.2. The van der Waals surface area contributed by atoms with Crippen molar-refractivity contribution in [1.82, 2.24) is 14.7 Å². The van der Waals surface area contributed by atoms with Crippen molar-refractivity contribution in [2.45, 2.75) is 32.9 Å². The van der Waals surface area contributed by atoms with Gasteiger partial charge in [0.05, 0.1) is 34.7 Å². The largest absolute Gasteiger partial charge is 0.437 e. The van der Waals surface area contributed by atoms with Gasteiger partial charge in [0.15, 0.2) is 0 Å². The van der Waals surface area contributed by atoms with Crippen LogP contribution in [-0.4, -0.2) is 52.7 Å². The predicted molar refractivity (Wildman–Crippen MR) is 123 cm³/mol. The molecule has 1 atom stereocenters. The smallest absolute Gasteiger partial charge is 0.227 e. The molecule has 0 radical (unpaired) electrons. The topological polar surface area (TPSA) is 59.8 Å². The van der Waals surface area contributed by atoms with Gasteiger partial charge in [-0.1, -0.05) is 48.9 Å². The summed E-state index contributed by atoms with van der Waals surface area (Å²) in [4.78, 5) is 2.16. The molecule has 2 aromatic carbocycles. The Morgan fingerprint density at radius 2 is 1.84 bits per heavy atom. The minimum Gasteiger partial charge on any atom is -0.437 e. The molecule has 0 bridgehead atoms. The maximum atomic E-state index is 10.2. The van der Waals surface area contributed by atoms with Crippen LogP contribution in [0.2, 0.25) is 5.02 Å². The number of para-hydroxylation sites is 2. The lowest BCUT2D eigenvalue weighted by Gasteiger charge is -2.24. The average Bonchev–Trinajstić information content (AvgIpc) is 3.09. The van der Waals surface area contributed by atoms with E-state index in [1.54, 1.807) is 17.9 Å². The van der Waals surface area contributed by atoms with Crippen molar-refractivity contribution in [3.8, 4) is 17.3 Å². The van der Waals surface area contributed by atoms with Crippen molar-refractivity contribution < 1.29 is 14.6 Å². The quantitative estimate of drug-likeness (QED) is 0.459. The van der Waals surface area contributed by atoms with E-state index in [4.69, 9.17) is 26.2 Å². The minimum atomic E-state index is -0.408.